The zero-order chi connectivity index (χ0) is 18.1. The molecule has 2 aromatic rings. The topological polar surface area (TPSA) is 62.3 Å². The largest absolute Gasteiger partial charge is 0.322 e. The molecule has 1 fully saturated rings. The molecule has 2 aliphatic rings. The van der Waals surface area contributed by atoms with E-state index in [1.807, 2.05) is 36.1 Å². The van der Waals surface area contributed by atoms with Gasteiger partial charge < -0.3 is 10.2 Å². The maximum absolute atomic E-state index is 12.6. The highest BCUT2D eigenvalue weighted by Crippen LogP contribution is 2.28. The molecule has 4 rings (SSSR count). The van der Waals surface area contributed by atoms with Crippen LogP contribution in [0.2, 0.25) is 0 Å². The maximum atomic E-state index is 12.6. The Morgan fingerprint density at radius 1 is 1.12 bits per heavy atom. The molecule has 134 valence electrons. The van der Waals surface area contributed by atoms with Crippen molar-refractivity contribution in [3.05, 3.63) is 52.8 Å². The van der Waals surface area contributed by atoms with Crippen LogP contribution in [0.25, 0.3) is 0 Å². The maximum Gasteiger partial charge on any atom is 0.257 e. The lowest BCUT2D eigenvalue weighted by Crippen LogP contribution is -2.24. The van der Waals surface area contributed by atoms with E-state index in [2.05, 4.69) is 10.3 Å². The summed E-state index contributed by atoms with van der Waals surface area (Å²) >= 11 is 0. The van der Waals surface area contributed by atoms with E-state index in [1.165, 1.54) is 12.0 Å². The Balaban J connectivity index is 1.51. The lowest BCUT2D eigenvalue weighted by molar-refractivity contribution is -0.117. The number of carbonyl (C=O) groups excluding carboxylic acids is 2. The van der Waals surface area contributed by atoms with E-state index in [1.54, 1.807) is 6.20 Å². The van der Waals surface area contributed by atoms with Gasteiger partial charge in [0, 0.05) is 36.2 Å². The predicted molar refractivity (Wildman–Crippen MR) is 102 cm³/mol. The van der Waals surface area contributed by atoms with Crippen LogP contribution in [0.4, 0.5) is 11.4 Å². The molecule has 1 aromatic carbocycles. The molecular formula is C21H23N3O2. The second-order valence-electron chi connectivity index (χ2n) is 7.14. The number of amides is 2. The van der Waals surface area contributed by atoms with E-state index in [4.69, 9.17) is 0 Å². The summed E-state index contributed by atoms with van der Waals surface area (Å²) in [5.74, 6) is 0.0280. The van der Waals surface area contributed by atoms with Crippen molar-refractivity contribution in [3.63, 3.8) is 0 Å². The van der Waals surface area contributed by atoms with Crippen LogP contribution in [0.1, 0.15) is 52.9 Å². The minimum atomic E-state index is -0.143. The Hall–Kier alpha value is -2.69. The Kier molecular flexibility index (Phi) is 4.45. The van der Waals surface area contributed by atoms with Crippen LogP contribution in [0, 0.1) is 6.92 Å². The molecule has 0 saturated carbocycles. The van der Waals surface area contributed by atoms with Gasteiger partial charge >= 0.3 is 0 Å². The van der Waals surface area contributed by atoms with Gasteiger partial charge in [0.1, 0.15) is 0 Å². The van der Waals surface area contributed by atoms with Crippen molar-refractivity contribution in [2.24, 2.45) is 0 Å². The van der Waals surface area contributed by atoms with Gasteiger partial charge in [-0.3, -0.25) is 14.6 Å². The lowest BCUT2D eigenvalue weighted by atomic mass is 9.95. The average Bonchev–Trinajstić information content (AvgIpc) is 3.07. The van der Waals surface area contributed by atoms with Gasteiger partial charge in [0.15, 0.2) is 0 Å². The van der Waals surface area contributed by atoms with Crippen LogP contribution in [0.15, 0.2) is 30.5 Å². The van der Waals surface area contributed by atoms with E-state index in [9.17, 15) is 9.59 Å². The second kappa shape index (κ2) is 6.90. The third-order valence-electron chi connectivity index (χ3n) is 5.25. The van der Waals surface area contributed by atoms with Gasteiger partial charge in [0.2, 0.25) is 5.91 Å². The molecule has 1 N–H and O–H groups in total. The number of nitrogens with one attached hydrogen (secondary N) is 1. The summed E-state index contributed by atoms with van der Waals surface area (Å²) in [6, 6.07) is 7.67. The van der Waals surface area contributed by atoms with Crippen molar-refractivity contribution in [1.29, 1.82) is 0 Å². The van der Waals surface area contributed by atoms with Crippen LogP contribution in [0.5, 0.6) is 0 Å². The van der Waals surface area contributed by atoms with Crippen molar-refractivity contribution >= 4 is 23.2 Å². The van der Waals surface area contributed by atoms with Gasteiger partial charge in [-0.2, -0.15) is 0 Å². The number of pyridine rings is 1. The summed E-state index contributed by atoms with van der Waals surface area (Å²) in [6.07, 6.45) is 7.54. The number of fused-ring (bicyclic) bond motifs is 1. The molecule has 0 spiro atoms. The number of aryl methyl sites for hydroxylation is 3. The smallest absolute Gasteiger partial charge is 0.257 e. The molecule has 1 aliphatic carbocycles. The average molecular weight is 349 g/mol. The number of hydrogen-bond acceptors (Lipinski definition) is 3. The molecular weight excluding hydrogens is 326 g/mol. The highest BCUT2D eigenvalue weighted by molar-refractivity contribution is 6.04. The van der Waals surface area contributed by atoms with E-state index >= 15 is 0 Å². The number of nitrogens with zero attached hydrogens (tertiary/aromatic N) is 2. The zero-order valence-electron chi connectivity index (χ0n) is 15.0. The van der Waals surface area contributed by atoms with Gasteiger partial charge in [-0.25, -0.2) is 0 Å². The normalized spacial score (nSPS) is 16.5. The molecule has 1 aromatic heterocycles. The Labute approximate surface area is 153 Å². The number of aromatic nitrogens is 1. The van der Waals surface area contributed by atoms with Crippen LogP contribution >= 0.6 is 0 Å². The molecule has 0 bridgehead atoms. The van der Waals surface area contributed by atoms with Crippen LogP contribution in [0.3, 0.4) is 0 Å². The van der Waals surface area contributed by atoms with E-state index < -0.39 is 0 Å². The summed E-state index contributed by atoms with van der Waals surface area (Å²) in [6.45, 7) is 2.74. The Morgan fingerprint density at radius 3 is 2.73 bits per heavy atom. The fourth-order valence-electron chi connectivity index (χ4n) is 3.85. The number of anilines is 2. The van der Waals surface area contributed by atoms with Crippen molar-refractivity contribution < 1.29 is 9.59 Å². The number of benzene rings is 1. The molecule has 5 heteroatoms. The summed E-state index contributed by atoms with van der Waals surface area (Å²) in [5.41, 5.74) is 5.58. The van der Waals surface area contributed by atoms with E-state index in [0.29, 0.717) is 12.0 Å². The minimum Gasteiger partial charge on any atom is -0.322 e. The molecule has 2 amide bonds. The predicted octanol–water partition coefficient (Wildman–Crippen LogP) is 3.65. The molecule has 1 aliphatic heterocycles. The number of carbonyl (C=O) groups is 2. The van der Waals surface area contributed by atoms with Crippen molar-refractivity contribution in [2.45, 2.75) is 45.4 Å². The first-order valence-corrected chi connectivity index (χ1v) is 9.32. The second-order valence-corrected chi connectivity index (χ2v) is 7.14. The van der Waals surface area contributed by atoms with Crippen molar-refractivity contribution in [1.82, 2.24) is 4.98 Å². The quantitative estimate of drug-likeness (QED) is 0.920. The standard InChI is InChI=1S/C21H23N3O2/c1-14-11-17(8-9-19(14)24-10-4-7-20(24)25)23-21(26)16-12-15-5-2-3-6-18(15)22-13-16/h8-9,11-13H,2-7,10H2,1H3,(H,23,26). The fraction of sp³-hybridized carbons (Fsp3) is 0.381. The number of hydrogen-bond donors (Lipinski definition) is 1. The first kappa shape index (κ1) is 16.8. The van der Waals surface area contributed by atoms with Crippen molar-refractivity contribution in [2.75, 3.05) is 16.8 Å². The van der Waals surface area contributed by atoms with Gasteiger partial charge in [-0.05, 0) is 74.4 Å². The molecule has 2 heterocycles. The third kappa shape index (κ3) is 3.21. The van der Waals surface area contributed by atoms with Crippen LogP contribution in [-0.2, 0) is 17.6 Å². The summed E-state index contributed by atoms with van der Waals surface area (Å²) in [7, 11) is 0. The summed E-state index contributed by atoms with van der Waals surface area (Å²) < 4.78 is 0. The Morgan fingerprint density at radius 2 is 1.96 bits per heavy atom. The molecule has 0 radical (unpaired) electrons. The third-order valence-corrected chi connectivity index (χ3v) is 5.25. The fourth-order valence-corrected chi connectivity index (χ4v) is 3.85. The molecule has 1 saturated heterocycles. The summed E-state index contributed by atoms with van der Waals surface area (Å²) in [4.78, 5) is 30.8. The highest BCUT2D eigenvalue weighted by atomic mass is 16.2. The van der Waals surface area contributed by atoms with E-state index in [-0.39, 0.29) is 11.8 Å². The SMILES string of the molecule is Cc1cc(NC(=O)c2cnc3c(c2)CCCC3)ccc1N1CCCC1=O. The van der Waals surface area contributed by atoms with Gasteiger partial charge in [-0.1, -0.05) is 0 Å². The number of rotatable bonds is 3. The molecule has 0 unspecified atom stereocenters. The first-order chi connectivity index (χ1) is 12.6. The molecule has 26 heavy (non-hydrogen) atoms. The lowest BCUT2D eigenvalue weighted by Gasteiger charge is -2.19. The van der Waals surface area contributed by atoms with Crippen molar-refractivity contribution in [3.8, 4) is 0 Å². The zero-order valence-corrected chi connectivity index (χ0v) is 15.0. The van der Waals surface area contributed by atoms with Gasteiger partial charge in [0.05, 0.1) is 5.56 Å². The van der Waals surface area contributed by atoms with E-state index in [0.717, 1.165) is 54.9 Å². The summed E-state index contributed by atoms with van der Waals surface area (Å²) in [5, 5.41) is 2.95. The molecule has 0 atom stereocenters. The van der Waals surface area contributed by atoms with Crippen LogP contribution < -0.4 is 10.2 Å². The molecule has 5 nitrogen and oxygen atoms in total. The first-order valence-electron chi connectivity index (χ1n) is 9.32. The monoisotopic (exact) mass is 349 g/mol. The van der Waals surface area contributed by atoms with Crippen LogP contribution in [-0.4, -0.2) is 23.3 Å². The Bertz CT molecular complexity index is 876. The van der Waals surface area contributed by atoms with Gasteiger partial charge in [-0.15, -0.1) is 0 Å². The van der Waals surface area contributed by atoms with Gasteiger partial charge in [0.25, 0.3) is 5.91 Å². The highest BCUT2D eigenvalue weighted by Gasteiger charge is 2.23. The minimum absolute atomic E-state index is 0.143.